The Bertz CT molecular complexity index is 944. The topological polar surface area (TPSA) is 89.7 Å². The van der Waals surface area contributed by atoms with E-state index in [1.165, 1.54) is 18.3 Å². The van der Waals surface area contributed by atoms with E-state index in [0.717, 1.165) is 16.9 Å². The summed E-state index contributed by atoms with van der Waals surface area (Å²) >= 11 is 6.10. The fourth-order valence-electron chi connectivity index (χ4n) is 2.16. The molecule has 0 bridgehead atoms. The van der Waals surface area contributed by atoms with Crippen LogP contribution in [0.3, 0.4) is 0 Å². The summed E-state index contributed by atoms with van der Waals surface area (Å²) < 4.78 is 5.72. The molecule has 3 aromatic rings. The molecule has 0 spiro atoms. The summed E-state index contributed by atoms with van der Waals surface area (Å²) in [7, 11) is 0. The number of nitro groups is 1. The summed E-state index contributed by atoms with van der Waals surface area (Å²) in [5, 5.41) is 15.3. The second-order valence-corrected chi connectivity index (χ2v) is 5.89. The van der Waals surface area contributed by atoms with Gasteiger partial charge >= 0.3 is 0 Å². The average molecular weight is 383 g/mol. The molecule has 0 aliphatic heterocycles. The maximum absolute atomic E-state index is 10.6. The van der Waals surface area contributed by atoms with E-state index < -0.39 is 4.92 Å². The van der Waals surface area contributed by atoms with E-state index in [1.54, 1.807) is 6.21 Å². The Balaban J connectivity index is 1.53. The zero-order valence-corrected chi connectivity index (χ0v) is 14.8. The third-order valence-electron chi connectivity index (χ3n) is 3.58. The average Bonchev–Trinajstić information content (AvgIpc) is 2.69. The summed E-state index contributed by atoms with van der Waals surface area (Å²) in [5.41, 5.74) is 4.42. The monoisotopic (exact) mass is 382 g/mol. The van der Waals surface area contributed by atoms with Crippen molar-refractivity contribution in [2.24, 2.45) is 5.10 Å². The number of hydrazone groups is 1. The molecule has 0 saturated heterocycles. The highest BCUT2D eigenvalue weighted by atomic mass is 35.5. The summed E-state index contributed by atoms with van der Waals surface area (Å²) in [6, 6.07) is 17.8. The van der Waals surface area contributed by atoms with Crippen molar-refractivity contribution < 1.29 is 9.66 Å². The first-order valence-corrected chi connectivity index (χ1v) is 8.35. The molecule has 0 radical (unpaired) electrons. The van der Waals surface area contributed by atoms with Gasteiger partial charge in [0.15, 0.2) is 0 Å². The van der Waals surface area contributed by atoms with Gasteiger partial charge < -0.3 is 4.74 Å². The first-order valence-electron chi connectivity index (χ1n) is 7.97. The van der Waals surface area contributed by atoms with Gasteiger partial charge in [-0.1, -0.05) is 29.8 Å². The molecule has 0 amide bonds. The van der Waals surface area contributed by atoms with Crippen LogP contribution in [-0.2, 0) is 6.61 Å². The molecule has 27 heavy (non-hydrogen) atoms. The van der Waals surface area contributed by atoms with Crippen molar-refractivity contribution >= 4 is 29.3 Å². The highest BCUT2D eigenvalue weighted by Crippen LogP contribution is 2.18. The zero-order chi connectivity index (χ0) is 19.1. The molecule has 2 aromatic carbocycles. The maximum atomic E-state index is 10.6. The van der Waals surface area contributed by atoms with Gasteiger partial charge in [-0.05, 0) is 42.0 Å². The van der Waals surface area contributed by atoms with Gasteiger partial charge in [0.1, 0.15) is 24.4 Å². The number of ether oxygens (including phenoxy) is 1. The maximum Gasteiger partial charge on any atom is 0.287 e. The first-order chi connectivity index (χ1) is 13.1. The molecule has 0 fully saturated rings. The standard InChI is InChI=1S/C19H15ClN4O3/c20-18-4-2-1-3-15(18)13-27-17-8-5-14(6-9-17)11-22-23-19-10-7-16(12-21-19)24(25)26/h1-12H,13H2,(H,21,23)/b22-11+. The van der Waals surface area contributed by atoms with Gasteiger partial charge in [-0.15, -0.1) is 0 Å². The number of benzene rings is 2. The van der Waals surface area contributed by atoms with Gasteiger partial charge in [0.25, 0.3) is 5.69 Å². The van der Waals surface area contributed by atoms with Crippen molar-refractivity contribution in [2.45, 2.75) is 6.61 Å². The molecule has 0 unspecified atom stereocenters. The van der Waals surface area contributed by atoms with E-state index >= 15 is 0 Å². The van der Waals surface area contributed by atoms with Crippen molar-refractivity contribution in [3.63, 3.8) is 0 Å². The number of anilines is 1. The molecule has 0 atom stereocenters. The largest absolute Gasteiger partial charge is 0.489 e. The van der Waals surface area contributed by atoms with Gasteiger partial charge in [-0.25, -0.2) is 4.98 Å². The Morgan fingerprint density at radius 1 is 1.15 bits per heavy atom. The minimum Gasteiger partial charge on any atom is -0.489 e. The lowest BCUT2D eigenvalue weighted by Gasteiger charge is -2.07. The predicted octanol–water partition coefficient (Wildman–Crippen LogP) is 4.67. The molecular formula is C19H15ClN4O3. The zero-order valence-electron chi connectivity index (χ0n) is 14.1. The Morgan fingerprint density at radius 3 is 2.59 bits per heavy atom. The van der Waals surface area contributed by atoms with E-state index in [9.17, 15) is 10.1 Å². The van der Waals surface area contributed by atoms with Crippen LogP contribution in [0.2, 0.25) is 5.02 Å². The van der Waals surface area contributed by atoms with Crippen LogP contribution in [0.5, 0.6) is 5.75 Å². The van der Waals surface area contributed by atoms with Gasteiger partial charge in [0.2, 0.25) is 0 Å². The summed E-state index contributed by atoms with van der Waals surface area (Å²) in [6.45, 7) is 0.389. The van der Waals surface area contributed by atoms with E-state index in [0.29, 0.717) is 17.4 Å². The molecule has 1 heterocycles. The van der Waals surface area contributed by atoms with Crippen molar-refractivity contribution in [2.75, 3.05) is 5.43 Å². The summed E-state index contributed by atoms with van der Waals surface area (Å²) in [5.74, 6) is 1.13. The van der Waals surface area contributed by atoms with Gasteiger partial charge in [0, 0.05) is 16.7 Å². The second-order valence-electron chi connectivity index (χ2n) is 5.48. The van der Waals surface area contributed by atoms with E-state index in [1.807, 2.05) is 48.5 Å². The fraction of sp³-hybridized carbons (Fsp3) is 0.0526. The highest BCUT2D eigenvalue weighted by molar-refractivity contribution is 6.31. The normalized spacial score (nSPS) is 10.7. The number of rotatable bonds is 7. The van der Waals surface area contributed by atoms with Crippen LogP contribution in [0.15, 0.2) is 72.0 Å². The van der Waals surface area contributed by atoms with E-state index in [2.05, 4.69) is 15.5 Å². The quantitative estimate of drug-likeness (QED) is 0.364. The molecule has 0 aliphatic carbocycles. The minimum atomic E-state index is -0.505. The van der Waals surface area contributed by atoms with Crippen LogP contribution < -0.4 is 10.2 Å². The van der Waals surface area contributed by atoms with Crippen molar-refractivity contribution in [1.82, 2.24) is 4.98 Å². The van der Waals surface area contributed by atoms with Crippen molar-refractivity contribution in [1.29, 1.82) is 0 Å². The van der Waals surface area contributed by atoms with Crippen LogP contribution >= 0.6 is 11.6 Å². The molecule has 0 saturated carbocycles. The lowest BCUT2D eigenvalue weighted by Crippen LogP contribution is -1.97. The minimum absolute atomic E-state index is 0.0723. The van der Waals surface area contributed by atoms with Gasteiger partial charge in [-0.2, -0.15) is 5.10 Å². The Hall–Kier alpha value is -3.45. The summed E-state index contributed by atoms with van der Waals surface area (Å²) in [4.78, 5) is 14.0. The van der Waals surface area contributed by atoms with Crippen LogP contribution in [-0.4, -0.2) is 16.1 Å². The third-order valence-corrected chi connectivity index (χ3v) is 3.95. The van der Waals surface area contributed by atoms with Gasteiger partial charge in [0.05, 0.1) is 11.1 Å². The number of hydrogen-bond acceptors (Lipinski definition) is 6. The molecule has 7 nitrogen and oxygen atoms in total. The number of nitrogens with zero attached hydrogens (tertiary/aromatic N) is 3. The van der Waals surface area contributed by atoms with Crippen LogP contribution in [0.1, 0.15) is 11.1 Å². The van der Waals surface area contributed by atoms with Crippen molar-refractivity contribution in [3.8, 4) is 5.75 Å². The first kappa shape index (κ1) is 18.3. The van der Waals surface area contributed by atoms with E-state index in [-0.39, 0.29) is 5.69 Å². The molecular weight excluding hydrogens is 368 g/mol. The number of halogens is 1. The SMILES string of the molecule is O=[N+]([O-])c1ccc(N/N=C/c2ccc(OCc3ccccc3Cl)cc2)nc1. The fourth-order valence-corrected chi connectivity index (χ4v) is 2.35. The Labute approximate surface area is 160 Å². The Kier molecular flexibility index (Phi) is 5.96. The summed E-state index contributed by atoms with van der Waals surface area (Å²) in [6.07, 6.45) is 2.78. The second kappa shape index (κ2) is 8.77. The van der Waals surface area contributed by atoms with Gasteiger partial charge in [-0.3, -0.25) is 15.5 Å². The number of aromatic nitrogens is 1. The van der Waals surface area contributed by atoms with Crippen LogP contribution in [0, 0.1) is 10.1 Å². The Morgan fingerprint density at radius 2 is 1.93 bits per heavy atom. The van der Waals surface area contributed by atoms with E-state index in [4.69, 9.17) is 16.3 Å². The lowest BCUT2D eigenvalue weighted by atomic mass is 10.2. The molecule has 0 aliphatic rings. The number of nitrogens with one attached hydrogen (secondary N) is 1. The molecule has 1 N–H and O–H groups in total. The van der Waals surface area contributed by atoms with Crippen LogP contribution in [0.4, 0.5) is 11.5 Å². The molecule has 8 heteroatoms. The lowest BCUT2D eigenvalue weighted by molar-refractivity contribution is -0.385. The number of pyridine rings is 1. The number of hydrogen-bond donors (Lipinski definition) is 1. The smallest absolute Gasteiger partial charge is 0.287 e. The molecule has 136 valence electrons. The molecule has 3 rings (SSSR count). The van der Waals surface area contributed by atoms with Crippen LogP contribution in [0.25, 0.3) is 0 Å². The predicted molar refractivity (Wildman–Crippen MR) is 104 cm³/mol. The third kappa shape index (κ3) is 5.26. The molecule has 1 aromatic heterocycles. The van der Waals surface area contributed by atoms with Crippen molar-refractivity contribution in [3.05, 3.63) is 93.1 Å². The highest BCUT2D eigenvalue weighted by Gasteiger charge is 2.04.